The van der Waals surface area contributed by atoms with Gasteiger partial charge in [0.05, 0.1) is 0 Å². The quantitative estimate of drug-likeness (QED) is 0.426. The zero-order chi connectivity index (χ0) is 24.7. The summed E-state index contributed by atoms with van der Waals surface area (Å²) in [5.74, 6) is -1.97. The van der Waals surface area contributed by atoms with Crippen LogP contribution in [0, 0.1) is 5.92 Å². The average molecular weight is 465 g/mol. The van der Waals surface area contributed by atoms with E-state index in [4.69, 9.17) is 4.74 Å². The summed E-state index contributed by atoms with van der Waals surface area (Å²) in [7, 11) is 0. The zero-order valence-electron chi connectivity index (χ0n) is 19.6. The standard InChI is InChI=1S/C27H32N2O5/c1-4-6-15-23(26(31)32)28-25(30)24(17(3)5-2)29-27(33)34-16-22-20-13-9-7-11-18(20)19-12-8-10-14-21(19)22/h4,7-14,17,22-24H,1,5-6,15-16H2,2-3H3,(H,28,30)(H,29,33)(H,31,32)/t17-,23?,24-/m0/s1. The van der Waals surface area contributed by atoms with Gasteiger partial charge < -0.3 is 20.5 Å². The molecule has 180 valence electrons. The average Bonchev–Trinajstić information content (AvgIpc) is 3.16. The van der Waals surface area contributed by atoms with Crippen LogP contribution in [0.4, 0.5) is 4.79 Å². The molecule has 0 bridgehead atoms. The Morgan fingerprint density at radius 3 is 2.18 bits per heavy atom. The van der Waals surface area contributed by atoms with E-state index < -0.39 is 30.1 Å². The van der Waals surface area contributed by atoms with Gasteiger partial charge in [0.2, 0.25) is 5.91 Å². The number of carbonyl (C=O) groups is 3. The lowest BCUT2D eigenvalue weighted by atomic mass is 9.97. The summed E-state index contributed by atoms with van der Waals surface area (Å²) in [6.45, 7) is 7.45. The van der Waals surface area contributed by atoms with E-state index in [-0.39, 0.29) is 24.9 Å². The van der Waals surface area contributed by atoms with E-state index in [1.54, 1.807) is 6.08 Å². The molecule has 0 aliphatic heterocycles. The molecule has 0 heterocycles. The van der Waals surface area contributed by atoms with Crippen molar-refractivity contribution in [3.63, 3.8) is 0 Å². The number of carboxylic acids is 1. The van der Waals surface area contributed by atoms with Crippen molar-refractivity contribution in [2.75, 3.05) is 6.61 Å². The number of allylic oxidation sites excluding steroid dienone is 1. The summed E-state index contributed by atoms with van der Waals surface area (Å²) in [5, 5.41) is 14.6. The maximum atomic E-state index is 12.9. The minimum atomic E-state index is -1.13. The largest absolute Gasteiger partial charge is 0.480 e. The summed E-state index contributed by atoms with van der Waals surface area (Å²) >= 11 is 0. The molecule has 3 atom stereocenters. The second-order valence-corrected chi connectivity index (χ2v) is 8.60. The maximum Gasteiger partial charge on any atom is 0.407 e. The lowest BCUT2D eigenvalue weighted by Gasteiger charge is -2.25. The van der Waals surface area contributed by atoms with Gasteiger partial charge in [0, 0.05) is 5.92 Å². The van der Waals surface area contributed by atoms with Crippen LogP contribution in [0.25, 0.3) is 11.1 Å². The number of benzene rings is 2. The van der Waals surface area contributed by atoms with Crippen molar-refractivity contribution in [2.24, 2.45) is 5.92 Å². The molecule has 2 aromatic rings. The van der Waals surface area contributed by atoms with Crippen molar-refractivity contribution in [1.29, 1.82) is 0 Å². The Bertz CT molecular complexity index is 1010. The van der Waals surface area contributed by atoms with Crippen molar-refractivity contribution in [3.05, 3.63) is 72.3 Å². The van der Waals surface area contributed by atoms with Gasteiger partial charge in [0.15, 0.2) is 0 Å². The molecule has 3 N–H and O–H groups in total. The smallest absolute Gasteiger partial charge is 0.407 e. The van der Waals surface area contributed by atoms with Gasteiger partial charge in [-0.2, -0.15) is 0 Å². The van der Waals surface area contributed by atoms with Crippen LogP contribution in [0.2, 0.25) is 0 Å². The van der Waals surface area contributed by atoms with Crippen LogP contribution >= 0.6 is 0 Å². The van der Waals surface area contributed by atoms with Gasteiger partial charge in [-0.25, -0.2) is 9.59 Å². The highest BCUT2D eigenvalue weighted by Crippen LogP contribution is 2.44. The highest BCUT2D eigenvalue weighted by molar-refractivity contribution is 5.89. The third-order valence-electron chi connectivity index (χ3n) is 6.39. The minimum absolute atomic E-state index is 0.0932. The highest BCUT2D eigenvalue weighted by Gasteiger charge is 2.32. The molecule has 0 spiro atoms. The molecule has 0 saturated heterocycles. The van der Waals surface area contributed by atoms with E-state index >= 15 is 0 Å². The fourth-order valence-electron chi connectivity index (χ4n) is 4.27. The number of aliphatic carboxylic acids is 1. The van der Waals surface area contributed by atoms with E-state index in [9.17, 15) is 19.5 Å². The first-order chi connectivity index (χ1) is 16.4. The van der Waals surface area contributed by atoms with Gasteiger partial charge in [0.1, 0.15) is 18.7 Å². The number of nitrogens with one attached hydrogen (secondary N) is 2. The van der Waals surface area contributed by atoms with Crippen LogP contribution in [-0.4, -0.2) is 41.8 Å². The Morgan fingerprint density at radius 1 is 1.06 bits per heavy atom. The van der Waals surface area contributed by atoms with E-state index in [0.29, 0.717) is 12.8 Å². The molecule has 1 aliphatic carbocycles. The van der Waals surface area contributed by atoms with Crippen molar-refractivity contribution < 1.29 is 24.2 Å². The first kappa shape index (κ1) is 25.0. The third-order valence-corrected chi connectivity index (χ3v) is 6.39. The molecule has 1 aliphatic rings. The number of fused-ring (bicyclic) bond motifs is 3. The number of carbonyl (C=O) groups excluding carboxylic acids is 2. The van der Waals surface area contributed by atoms with Crippen LogP contribution in [0.15, 0.2) is 61.2 Å². The van der Waals surface area contributed by atoms with Crippen LogP contribution in [-0.2, 0) is 14.3 Å². The molecule has 34 heavy (non-hydrogen) atoms. The summed E-state index contributed by atoms with van der Waals surface area (Å²) in [6, 6.07) is 14.1. The zero-order valence-corrected chi connectivity index (χ0v) is 19.6. The van der Waals surface area contributed by atoms with E-state index in [0.717, 1.165) is 22.3 Å². The molecular formula is C27H32N2O5. The molecule has 2 amide bonds. The fraction of sp³-hybridized carbons (Fsp3) is 0.370. The normalized spacial score (nSPS) is 14.8. The Morgan fingerprint density at radius 2 is 1.65 bits per heavy atom. The molecule has 0 fully saturated rings. The number of rotatable bonds is 11. The number of hydrogen-bond donors (Lipinski definition) is 3. The van der Waals surface area contributed by atoms with Crippen LogP contribution in [0.3, 0.4) is 0 Å². The Balaban J connectivity index is 1.67. The first-order valence-electron chi connectivity index (χ1n) is 11.6. The predicted molar refractivity (Wildman–Crippen MR) is 130 cm³/mol. The molecule has 7 nitrogen and oxygen atoms in total. The summed E-state index contributed by atoms with van der Waals surface area (Å²) in [6.07, 6.45) is 2.18. The minimum Gasteiger partial charge on any atom is -0.480 e. The molecule has 7 heteroatoms. The van der Waals surface area contributed by atoms with Crippen molar-refractivity contribution in [2.45, 2.75) is 51.1 Å². The monoisotopic (exact) mass is 464 g/mol. The van der Waals surface area contributed by atoms with E-state index in [2.05, 4.69) is 29.3 Å². The lowest BCUT2D eigenvalue weighted by Crippen LogP contribution is -2.54. The molecular weight excluding hydrogens is 432 g/mol. The SMILES string of the molecule is C=CCCC(NC(=O)[C@@H](NC(=O)OCC1c2ccccc2-c2ccccc21)[C@@H](C)CC)C(=O)O. The van der Waals surface area contributed by atoms with Crippen LogP contribution < -0.4 is 10.6 Å². The van der Waals surface area contributed by atoms with E-state index in [1.807, 2.05) is 50.2 Å². The summed E-state index contributed by atoms with van der Waals surface area (Å²) in [4.78, 5) is 37.1. The molecule has 1 unspecified atom stereocenters. The fourth-order valence-corrected chi connectivity index (χ4v) is 4.27. The van der Waals surface area contributed by atoms with Gasteiger partial charge in [-0.15, -0.1) is 6.58 Å². The molecule has 0 saturated carbocycles. The Hall–Kier alpha value is -3.61. The number of amides is 2. The number of carboxylic acid groups (broad SMARTS) is 1. The number of alkyl carbamates (subject to hydrolysis) is 1. The summed E-state index contributed by atoms with van der Waals surface area (Å²) in [5.41, 5.74) is 4.45. The Labute approximate surface area is 200 Å². The van der Waals surface area contributed by atoms with Crippen molar-refractivity contribution in [1.82, 2.24) is 10.6 Å². The lowest BCUT2D eigenvalue weighted by molar-refractivity contribution is -0.142. The molecule has 0 radical (unpaired) electrons. The van der Waals surface area contributed by atoms with Crippen LogP contribution in [0.1, 0.15) is 50.2 Å². The first-order valence-corrected chi connectivity index (χ1v) is 11.6. The van der Waals surface area contributed by atoms with Gasteiger partial charge >= 0.3 is 12.1 Å². The molecule has 0 aromatic heterocycles. The second-order valence-electron chi connectivity index (χ2n) is 8.60. The van der Waals surface area contributed by atoms with Crippen molar-refractivity contribution >= 4 is 18.0 Å². The number of ether oxygens (including phenoxy) is 1. The maximum absolute atomic E-state index is 12.9. The number of hydrogen-bond acceptors (Lipinski definition) is 4. The van der Waals surface area contributed by atoms with Gasteiger partial charge in [-0.3, -0.25) is 4.79 Å². The van der Waals surface area contributed by atoms with Gasteiger partial charge in [-0.05, 0) is 41.0 Å². The van der Waals surface area contributed by atoms with Crippen LogP contribution in [0.5, 0.6) is 0 Å². The molecule has 3 rings (SSSR count). The summed E-state index contributed by atoms with van der Waals surface area (Å²) < 4.78 is 5.57. The van der Waals surface area contributed by atoms with Crippen molar-refractivity contribution in [3.8, 4) is 11.1 Å². The topological polar surface area (TPSA) is 105 Å². The van der Waals surface area contributed by atoms with Gasteiger partial charge in [-0.1, -0.05) is 74.9 Å². The highest BCUT2D eigenvalue weighted by atomic mass is 16.5. The molecule has 2 aromatic carbocycles. The Kier molecular flexibility index (Phi) is 8.46. The van der Waals surface area contributed by atoms with E-state index in [1.165, 1.54) is 0 Å². The predicted octanol–water partition coefficient (Wildman–Crippen LogP) is 4.48. The van der Waals surface area contributed by atoms with Gasteiger partial charge in [0.25, 0.3) is 0 Å². The second kappa shape index (κ2) is 11.5. The third kappa shape index (κ3) is 5.65.